The summed E-state index contributed by atoms with van der Waals surface area (Å²) in [4.78, 5) is 17.4. The van der Waals surface area contributed by atoms with Crippen molar-refractivity contribution in [3.8, 4) is 0 Å². The van der Waals surface area contributed by atoms with E-state index in [1.54, 1.807) is 0 Å². The van der Waals surface area contributed by atoms with Gasteiger partial charge in [0, 0.05) is 26.2 Å². The second kappa shape index (κ2) is 6.90. The van der Waals surface area contributed by atoms with Crippen molar-refractivity contribution in [2.45, 2.75) is 46.0 Å². The van der Waals surface area contributed by atoms with Crippen LogP contribution in [0.5, 0.6) is 0 Å². The molecule has 0 aromatic carbocycles. The molecule has 0 aliphatic carbocycles. The molecule has 0 saturated carbocycles. The average Bonchev–Trinajstić information content (AvgIpc) is 3.13. The first-order valence-corrected chi connectivity index (χ1v) is 8.37. The lowest BCUT2D eigenvalue weighted by atomic mass is 9.81. The van der Waals surface area contributed by atoms with Crippen LogP contribution in [0.1, 0.15) is 46.0 Å². The molecule has 0 spiro atoms. The third kappa shape index (κ3) is 3.17. The molecule has 4 nitrogen and oxygen atoms in total. The van der Waals surface area contributed by atoms with Crippen molar-refractivity contribution in [2.75, 3.05) is 39.3 Å². The van der Waals surface area contributed by atoms with E-state index in [0.29, 0.717) is 18.4 Å². The second-order valence-corrected chi connectivity index (χ2v) is 6.61. The fraction of sp³-hybridized carbons (Fsp3) is 0.938. The summed E-state index contributed by atoms with van der Waals surface area (Å²) < 4.78 is 0. The molecule has 4 heteroatoms. The van der Waals surface area contributed by atoms with Gasteiger partial charge in [-0.15, -0.1) is 0 Å². The van der Waals surface area contributed by atoms with Crippen LogP contribution < -0.4 is 5.73 Å². The molecule has 0 radical (unpaired) electrons. The normalized spacial score (nSPS) is 24.6. The molecule has 2 heterocycles. The monoisotopic (exact) mass is 281 g/mol. The Kier molecular flexibility index (Phi) is 5.44. The average molecular weight is 281 g/mol. The minimum absolute atomic E-state index is 0.300. The summed E-state index contributed by atoms with van der Waals surface area (Å²) in [5.41, 5.74) is 5.59. The van der Waals surface area contributed by atoms with E-state index in [1.165, 1.54) is 32.5 Å². The van der Waals surface area contributed by atoms with E-state index in [1.807, 2.05) is 0 Å². The second-order valence-electron chi connectivity index (χ2n) is 6.61. The fourth-order valence-electron chi connectivity index (χ4n) is 3.76. The zero-order valence-electron chi connectivity index (χ0n) is 13.2. The van der Waals surface area contributed by atoms with Gasteiger partial charge in [-0.25, -0.2) is 0 Å². The summed E-state index contributed by atoms with van der Waals surface area (Å²) in [6.45, 7) is 10.2. The van der Waals surface area contributed by atoms with Gasteiger partial charge in [-0.1, -0.05) is 13.8 Å². The van der Waals surface area contributed by atoms with Crippen LogP contribution in [-0.4, -0.2) is 55.0 Å². The summed E-state index contributed by atoms with van der Waals surface area (Å²) in [5.74, 6) is 0.968. The molecule has 116 valence electrons. The van der Waals surface area contributed by atoms with Gasteiger partial charge in [0.25, 0.3) is 0 Å². The van der Waals surface area contributed by atoms with Crippen LogP contribution >= 0.6 is 0 Å². The highest BCUT2D eigenvalue weighted by Gasteiger charge is 2.39. The van der Waals surface area contributed by atoms with E-state index in [2.05, 4.69) is 23.6 Å². The summed E-state index contributed by atoms with van der Waals surface area (Å²) in [6.07, 6.45) is 5.56. The Labute approximate surface area is 123 Å². The van der Waals surface area contributed by atoms with E-state index in [0.717, 1.165) is 32.4 Å². The smallest absolute Gasteiger partial charge is 0.230 e. The zero-order chi connectivity index (χ0) is 14.6. The lowest BCUT2D eigenvalue weighted by molar-refractivity contribution is -0.141. The van der Waals surface area contributed by atoms with Gasteiger partial charge >= 0.3 is 0 Å². The van der Waals surface area contributed by atoms with Crippen molar-refractivity contribution in [1.82, 2.24) is 9.80 Å². The minimum Gasteiger partial charge on any atom is -0.342 e. The van der Waals surface area contributed by atoms with E-state index < -0.39 is 0 Å². The van der Waals surface area contributed by atoms with Crippen molar-refractivity contribution in [3.63, 3.8) is 0 Å². The van der Waals surface area contributed by atoms with Gasteiger partial charge in [0.15, 0.2) is 0 Å². The quantitative estimate of drug-likeness (QED) is 0.806. The molecule has 2 fully saturated rings. The van der Waals surface area contributed by atoms with Crippen molar-refractivity contribution < 1.29 is 4.79 Å². The lowest BCUT2D eigenvalue weighted by Gasteiger charge is -2.33. The van der Waals surface area contributed by atoms with Gasteiger partial charge in [-0.05, 0) is 51.1 Å². The first kappa shape index (κ1) is 15.8. The molecule has 2 rings (SSSR count). The predicted octanol–water partition coefficient (Wildman–Crippen LogP) is 1.70. The Morgan fingerprint density at radius 3 is 2.40 bits per heavy atom. The van der Waals surface area contributed by atoms with Gasteiger partial charge in [0.1, 0.15) is 0 Å². The van der Waals surface area contributed by atoms with Crippen molar-refractivity contribution in [2.24, 2.45) is 17.1 Å². The molecule has 0 aromatic heterocycles. The Morgan fingerprint density at radius 2 is 1.85 bits per heavy atom. The molecule has 1 atom stereocenters. The molecule has 2 N–H and O–H groups in total. The van der Waals surface area contributed by atoms with Gasteiger partial charge in [-0.2, -0.15) is 0 Å². The summed E-state index contributed by atoms with van der Waals surface area (Å²) in [5, 5.41) is 0. The summed E-state index contributed by atoms with van der Waals surface area (Å²) in [6, 6.07) is 0. The molecule has 0 aromatic rings. The standard InChI is InChI=1S/C16H31N3O/c1-3-16(4-2,13-17)15(20)19-10-7-14(12-19)11-18-8-5-6-9-18/h14H,3-13,17H2,1-2H3. The highest BCUT2D eigenvalue weighted by molar-refractivity contribution is 5.83. The largest absolute Gasteiger partial charge is 0.342 e. The lowest BCUT2D eigenvalue weighted by Crippen LogP contribution is -2.47. The van der Waals surface area contributed by atoms with Crippen LogP contribution in [0.25, 0.3) is 0 Å². The molecule has 2 aliphatic rings. The number of carbonyl (C=O) groups is 1. The van der Waals surface area contributed by atoms with Crippen LogP contribution in [0.15, 0.2) is 0 Å². The fourth-order valence-corrected chi connectivity index (χ4v) is 3.76. The Bertz CT molecular complexity index is 313. The van der Waals surface area contributed by atoms with Crippen LogP contribution in [0, 0.1) is 11.3 Å². The predicted molar refractivity (Wildman–Crippen MR) is 82.4 cm³/mol. The number of nitrogens with two attached hydrogens (primary N) is 1. The topological polar surface area (TPSA) is 49.6 Å². The van der Waals surface area contributed by atoms with Gasteiger partial charge < -0.3 is 15.5 Å². The van der Waals surface area contributed by atoms with Crippen molar-refractivity contribution >= 4 is 5.91 Å². The molecular formula is C16H31N3O. The molecule has 2 saturated heterocycles. The first-order chi connectivity index (χ1) is 9.65. The number of hydrogen-bond donors (Lipinski definition) is 1. The molecule has 20 heavy (non-hydrogen) atoms. The molecular weight excluding hydrogens is 250 g/mol. The Balaban J connectivity index is 1.89. The van der Waals surface area contributed by atoms with Crippen LogP contribution in [-0.2, 0) is 4.79 Å². The number of rotatable bonds is 6. The van der Waals surface area contributed by atoms with E-state index in [-0.39, 0.29) is 5.41 Å². The van der Waals surface area contributed by atoms with Crippen molar-refractivity contribution in [1.29, 1.82) is 0 Å². The molecule has 1 amide bonds. The van der Waals surface area contributed by atoms with Gasteiger partial charge in [0.2, 0.25) is 5.91 Å². The van der Waals surface area contributed by atoms with Crippen LogP contribution in [0.3, 0.4) is 0 Å². The first-order valence-electron chi connectivity index (χ1n) is 8.37. The number of hydrogen-bond acceptors (Lipinski definition) is 3. The molecule has 0 bridgehead atoms. The maximum absolute atomic E-state index is 12.8. The van der Waals surface area contributed by atoms with E-state index >= 15 is 0 Å². The number of likely N-dealkylation sites (tertiary alicyclic amines) is 2. The van der Waals surface area contributed by atoms with E-state index in [4.69, 9.17) is 5.73 Å². The number of amides is 1. The summed E-state index contributed by atoms with van der Waals surface area (Å²) >= 11 is 0. The molecule has 2 aliphatic heterocycles. The van der Waals surface area contributed by atoms with Crippen LogP contribution in [0.2, 0.25) is 0 Å². The maximum atomic E-state index is 12.8. The Hall–Kier alpha value is -0.610. The van der Waals surface area contributed by atoms with Gasteiger partial charge in [-0.3, -0.25) is 4.79 Å². The SMILES string of the molecule is CCC(CC)(CN)C(=O)N1CCC(CN2CCCC2)C1. The maximum Gasteiger partial charge on any atom is 0.230 e. The van der Waals surface area contributed by atoms with E-state index in [9.17, 15) is 4.79 Å². The number of carbonyl (C=O) groups excluding carboxylic acids is 1. The van der Waals surface area contributed by atoms with Gasteiger partial charge in [0.05, 0.1) is 5.41 Å². The third-order valence-electron chi connectivity index (χ3n) is 5.49. The van der Waals surface area contributed by atoms with Crippen LogP contribution in [0.4, 0.5) is 0 Å². The minimum atomic E-state index is -0.317. The highest BCUT2D eigenvalue weighted by atomic mass is 16.2. The number of nitrogens with zero attached hydrogens (tertiary/aromatic N) is 2. The van der Waals surface area contributed by atoms with Crippen molar-refractivity contribution in [3.05, 3.63) is 0 Å². The third-order valence-corrected chi connectivity index (χ3v) is 5.49. The Morgan fingerprint density at radius 1 is 1.20 bits per heavy atom. The molecule has 1 unspecified atom stereocenters. The summed E-state index contributed by atoms with van der Waals surface area (Å²) in [7, 11) is 0. The highest BCUT2D eigenvalue weighted by Crippen LogP contribution is 2.31. The zero-order valence-corrected chi connectivity index (χ0v) is 13.2.